The van der Waals surface area contributed by atoms with Crippen LogP contribution in [-0.2, 0) is 23.4 Å². The van der Waals surface area contributed by atoms with Crippen LogP contribution < -0.4 is 16.0 Å². The second kappa shape index (κ2) is 13.3. The van der Waals surface area contributed by atoms with E-state index in [1.54, 1.807) is 60.4 Å². The molecule has 0 unspecified atom stereocenters. The predicted octanol–water partition coefficient (Wildman–Crippen LogP) is 5.77. The number of anilines is 4. The van der Waals surface area contributed by atoms with Crippen molar-refractivity contribution in [2.75, 3.05) is 23.8 Å². The van der Waals surface area contributed by atoms with Crippen molar-refractivity contribution < 1.29 is 27.6 Å². The number of aromatic nitrogens is 4. The number of rotatable bonds is 12. The normalized spacial score (nSPS) is 11.4. The first-order valence-corrected chi connectivity index (χ1v) is 13.6. The molecule has 0 spiro atoms. The highest BCUT2D eigenvalue weighted by Gasteiger charge is 2.35. The highest BCUT2D eigenvalue weighted by molar-refractivity contribution is 7.22. The molecule has 4 rings (SSSR count). The number of carbonyl (C=O) groups is 1. The van der Waals surface area contributed by atoms with E-state index in [1.807, 2.05) is 0 Å². The van der Waals surface area contributed by atoms with Crippen molar-refractivity contribution in [3.63, 3.8) is 0 Å². The van der Waals surface area contributed by atoms with Gasteiger partial charge in [-0.25, -0.2) is 4.98 Å². The summed E-state index contributed by atoms with van der Waals surface area (Å²) in [5.41, 5.74) is 1.79. The van der Waals surface area contributed by atoms with Crippen molar-refractivity contribution in [3.05, 3.63) is 77.7 Å². The van der Waals surface area contributed by atoms with Crippen molar-refractivity contribution >= 4 is 37.5 Å². The minimum atomic E-state index is -4.77. The van der Waals surface area contributed by atoms with Gasteiger partial charge in [0.2, 0.25) is 5.95 Å². The lowest BCUT2D eigenvalue weighted by atomic mass is 10.0. The molecule has 0 aliphatic heterocycles. The Balaban J connectivity index is 1.68. The number of nitrogens with zero attached hydrogens (tertiary/aromatic N) is 4. The van der Waals surface area contributed by atoms with E-state index in [4.69, 9.17) is 5.11 Å². The van der Waals surface area contributed by atoms with Gasteiger partial charge in [-0.15, -0.1) is 0 Å². The second-order valence-electron chi connectivity index (χ2n) is 8.88. The molecular weight excluding hydrogens is 558 g/mol. The second-order valence-corrected chi connectivity index (χ2v) is 9.45. The number of alkyl halides is 3. The van der Waals surface area contributed by atoms with E-state index in [2.05, 4.69) is 31.0 Å². The molecule has 41 heavy (non-hydrogen) atoms. The monoisotopic (exact) mass is 585 g/mol. The average Bonchev–Trinajstić information content (AvgIpc) is 3.42. The average molecular weight is 586 g/mol. The number of aryl methyl sites for hydroxylation is 1. The summed E-state index contributed by atoms with van der Waals surface area (Å²) in [5.74, 6) is -1.11. The highest BCUT2D eigenvalue weighted by atomic mass is 31.1. The number of hydrogen-bond donors (Lipinski definition) is 4. The highest BCUT2D eigenvalue weighted by Crippen LogP contribution is 2.36. The lowest BCUT2D eigenvalue weighted by Gasteiger charge is -2.17. The lowest BCUT2D eigenvalue weighted by Crippen LogP contribution is -2.24. The zero-order chi connectivity index (χ0) is 29.4. The van der Waals surface area contributed by atoms with E-state index in [0.717, 1.165) is 5.56 Å². The van der Waals surface area contributed by atoms with E-state index in [-0.39, 0.29) is 32.3 Å². The molecule has 0 atom stereocenters. The number of nitrogens with one attached hydrogen (secondary N) is 3. The van der Waals surface area contributed by atoms with Crippen LogP contribution in [0.4, 0.5) is 36.3 Å². The van der Waals surface area contributed by atoms with E-state index in [0.29, 0.717) is 48.7 Å². The summed E-state index contributed by atoms with van der Waals surface area (Å²) in [6.07, 6.45) is 0.134. The molecule has 1 amide bonds. The standard InChI is InChI=1S/C27H27F3N7O3P/c1-2-31-25(39)21-12-18(19-13-33-37(15-19)10-3-11-38)6-9-23(21)35-24-22(27(28,29)30)14-32-26(36-24)34-20-7-4-17(5-8-20)16-41-40/h4-9,12-15,38H,2-3,10-11,16H2,1H3,(H,31,39)(H2,32,34,35,36). The van der Waals surface area contributed by atoms with Gasteiger partial charge in [-0.1, -0.05) is 18.2 Å². The van der Waals surface area contributed by atoms with E-state index < -0.39 is 23.5 Å². The van der Waals surface area contributed by atoms with E-state index >= 15 is 0 Å². The molecule has 14 heteroatoms. The molecule has 214 valence electrons. The minimum Gasteiger partial charge on any atom is -0.396 e. The first-order chi connectivity index (χ1) is 19.7. The molecule has 0 bridgehead atoms. The molecule has 0 aliphatic rings. The van der Waals surface area contributed by atoms with Crippen LogP contribution in [0.25, 0.3) is 11.1 Å². The fourth-order valence-electron chi connectivity index (χ4n) is 3.91. The van der Waals surface area contributed by atoms with Gasteiger partial charge in [0.15, 0.2) is 8.46 Å². The smallest absolute Gasteiger partial charge is 0.396 e. The maximum absolute atomic E-state index is 13.9. The molecule has 4 N–H and O–H groups in total. The molecule has 2 heterocycles. The van der Waals surface area contributed by atoms with Gasteiger partial charge in [-0.05, 0) is 48.7 Å². The van der Waals surface area contributed by atoms with Gasteiger partial charge in [0, 0.05) is 43.3 Å². The summed E-state index contributed by atoms with van der Waals surface area (Å²) < 4.78 is 54.2. The molecular formula is C27H27F3N7O3P. The summed E-state index contributed by atoms with van der Waals surface area (Å²) in [6, 6.07) is 11.5. The third kappa shape index (κ3) is 7.65. The van der Waals surface area contributed by atoms with E-state index in [9.17, 15) is 22.5 Å². The van der Waals surface area contributed by atoms with E-state index in [1.165, 1.54) is 6.07 Å². The third-order valence-electron chi connectivity index (χ3n) is 5.92. The van der Waals surface area contributed by atoms with Gasteiger partial charge < -0.3 is 21.1 Å². The van der Waals surface area contributed by atoms with Crippen LogP contribution in [-0.4, -0.2) is 43.9 Å². The molecule has 0 fully saturated rings. The van der Waals surface area contributed by atoms with Gasteiger partial charge in [-0.3, -0.25) is 14.0 Å². The zero-order valence-electron chi connectivity index (χ0n) is 21.9. The number of carbonyl (C=O) groups excluding carboxylic acids is 1. The van der Waals surface area contributed by atoms with Crippen molar-refractivity contribution in [2.45, 2.75) is 32.2 Å². The number of aliphatic hydroxyl groups is 1. The van der Waals surface area contributed by atoms with Gasteiger partial charge in [0.1, 0.15) is 11.4 Å². The number of aliphatic hydroxyl groups excluding tert-OH is 1. The van der Waals surface area contributed by atoms with Crippen molar-refractivity contribution in [1.82, 2.24) is 25.1 Å². The fraction of sp³-hybridized carbons (Fsp3) is 0.259. The number of amides is 1. The van der Waals surface area contributed by atoms with Crippen LogP contribution >= 0.6 is 8.46 Å². The number of halogens is 3. The van der Waals surface area contributed by atoms with Crippen LogP contribution in [0, 0.1) is 0 Å². The quantitative estimate of drug-likeness (QED) is 0.154. The van der Waals surface area contributed by atoms with Crippen LogP contribution in [0.2, 0.25) is 0 Å². The maximum atomic E-state index is 13.9. The largest absolute Gasteiger partial charge is 0.421 e. The summed E-state index contributed by atoms with van der Waals surface area (Å²) in [6.45, 7) is 2.57. The molecule has 0 aliphatic carbocycles. The van der Waals surface area contributed by atoms with Crippen molar-refractivity contribution in [3.8, 4) is 11.1 Å². The summed E-state index contributed by atoms with van der Waals surface area (Å²) in [7, 11) is -0.0252. The van der Waals surface area contributed by atoms with Crippen molar-refractivity contribution in [2.24, 2.45) is 0 Å². The Bertz CT molecular complexity index is 1510. The Morgan fingerprint density at radius 1 is 1.07 bits per heavy atom. The Morgan fingerprint density at radius 3 is 2.54 bits per heavy atom. The fourth-order valence-corrected chi connectivity index (χ4v) is 4.27. The molecule has 2 aromatic heterocycles. The first-order valence-electron chi connectivity index (χ1n) is 12.6. The van der Waals surface area contributed by atoms with Crippen LogP contribution in [0.3, 0.4) is 0 Å². The molecule has 10 nitrogen and oxygen atoms in total. The Morgan fingerprint density at radius 2 is 1.85 bits per heavy atom. The Labute approximate surface area is 235 Å². The Hall–Kier alpha value is -4.35. The van der Waals surface area contributed by atoms with Gasteiger partial charge in [-0.2, -0.15) is 23.3 Å². The van der Waals surface area contributed by atoms with Crippen LogP contribution in [0.5, 0.6) is 0 Å². The van der Waals surface area contributed by atoms with Gasteiger partial charge in [0.25, 0.3) is 5.91 Å². The summed E-state index contributed by atoms with van der Waals surface area (Å²) in [5, 5.41) is 21.6. The van der Waals surface area contributed by atoms with Crippen LogP contribution in [0.1, 0.15) is 34.8 Å². The minimum absolute atomic E-state index is 0.0195. The summed E-state index contributed by atoms with van der Waals surface area (Å²) in [4.78, 5) is 20.9. The van der Waals surface area contributed by atoms with Crippen LogP contribution in [0.15, 0.2) is 61.1 Å². The van der Waals surface area contributed by atoms with Gasteiger partial charge in [0.05, 0.1) is 23.6 Å². The molecule has 2 aromatic carbocycles. The number of hydrogen-bond acceptors (Lipinski definition) is 8. The molecule has 0 saturated heterocycles. The topological polar surface area (TPSA) is 134 Å². The molecule has 0 radical (unpaired) electrons. The predicted molar refractivity (Wildman–Crippen MR) is 149 cm³/mol. The maximum Gasteiger partial charge on any atom is 0.421 e. The first kappa shape index (κ1) is 29.6. The SMILES string of the molecule is CCNC(=O)c1cc(-c2cnn(CCCO)c2)ccc1Nc1nc(Nc2ccc(CP=O)cc2)ncc1C(F)(F)F. The molecule has 4 aromatic rings. The third-order valence-corrected chi connectivity index (χ3v) is 6.41. The van der Waals surface area contributed by atoms with Gasteiger partial charge >= 0.3 is 6.18 Å². The van der Waals surface area contributed by atoms with Crippen molar-refractivity contribution in [1.29, 1.82) is 0 Å². The zero-order valence-corrected chi connectivity index (χ0v) is 22.8. The number of benzene rings is 2. The lowest BCUT2D eigenvalue weighted by molar-refractivity contribution is -0.137. The Kier molecular flexibility index (Phi) is 9.64. The summed E-state index contributed by atoms with van der Waals surface area (Å²) >= 11 is 0. The molecule has 0 saturated carbocycles.